The zero-order valence-corrected chi connectivity index (χ0v) is 18.0. The average Bonchev–Trinajstić information content (AvgIpc) is 3.28. The largest absolute Gasteiger partial charge is 0.328 e. The molecule has 0 aliphatic carbocycles. The maximum atomic E-state index is 13.4. The van der Waals surface area contributed by atoms with Crippen LogP contribution in [0, 0.1) is 10.1 Å². The Morgan fingerprint density at radius 1 is 1.12 bits per heavy atom. The Hall–Kier alpha value is -4.86. The summed E-state index contributed by atoms with van der Waals surface area (Å²) < 4.78 is 1.59. The minimum Gasteiger partial charge on any atom is -0.328 e. The fraction of sp³-hybridized carbons (Fsp3) is 0.0833. The lowest BCUT2D eigenvalue weighted by Gasteiger charge is -2.28. The van der Waals surface area contributed by atoms with Crippen LogP contribution in [0.5, 0.6) is 0 Å². The van der Waals surface area contributed by atoms with Crippen molar-refractivity contribution in [2.45, 2.75) is 13.0 Å². The van der Waals surface area contributed by atoms with Crippen LogP contribution in [0.1, 0.15) is 18.5 Å². The third kappa shape index (κ3) is 3.88. The number of pyridine rings is 1. The number of nitrogens with zero attached hydrogens (tertiary/aromatic N) is 5. The Morgan fingerprint density at radius 3 is 2.68 bits per heavy atom. The lowest BCUT2D eigenvalue weighted by Crippen LogP contribution is -2.31. The van der Waals surface area contributed by atoms with E-state index in [2.05, 4.69) is 25.7 Å². The summed E-state index contributed by atoms with van der Waals surface area (Å²) in [7, 11) is 0. The molecule has 1 unspecified atom stereocenters. The molecule has 0 spiro atoms. The molecule has 0 bridgehead atoms. The molecule has 10 nitrogen and oxygen atoms in total. The van der Waals surface area contributed by atoms with Crippen molar-refractivity contribution in [1.82, 2.24) is 19.7 Å². The van der Waals surface area contributed by atoms with Gasteiger partial charge >= 0.3 is 0 Å². The highest BCUT2D eigenvalue weighted by molar-refractivity contribution is 6.06. The number of hydrogen-bond donors (Lipinski definition) is 2. The number of nitro groups is 1. The molecule has 4 aromatic rings. The van der Waals surface area contributed by atoms with E-state index in [4.69, 9.17) is 0 Å². The number of rotatable bonds is 5. The topological polar surface area (TPSA) is 128 Å². The van der Waals surface area contributed by atoms with Gasteiger partial charge in [-0.1, -0.05) is 42.5 Å². The second-order valence-electron chi connectivity index (χ2n) is 7.68. The highest BCUT2D eigenvalue weighted by Crippen LogP contribution is 2.37. The van der Waals surface area contributed by atoms with Crippen molar-refractivity contribution >= 4 is 23.2 Å². The maximum Gasteiger partial charge on any atom is 0.269 e. The fourth-order valence-electron chi connectivity index (χ4n) is 3.91. The van der Waals surface area contributed by atoms with E-state index in [1.54, 1.807) is 48.3 Å². The lowest BCUT2D eigenvalue weighted by atomic mass is 9.94. The third-order valence-corrected chi connectivity index (χ3v) is 5.45. The van der Waals surface area contributed by atoms with Gasteiger partial charge in [-0.15, -0.1) is 5.10 Å². The van der Waals surface area contributed by atoms with Gasteiger partial charge in [-0.05, 0) is 24.6 Å². The Balaban J connectivity index is 1.63. The normalized spacial score (nSPS) is 14.8. The number of carbonyl (C=O) groups excluding carboxylic acids is 1. The number of nitrogens with one attached hydrogen (secondary N) is 2. The van der Waals surface area contributed by atoms with Crippen LogP contribution in [-0.2, 0) is 4.79 Å². The molecular weight excluding hydrogens is 434 g/mol. The summed E-state index contributed by atoms with van der Waals surface area (Å²) in [6, 6.07) is 18.4. The molecule has 1 aliphatic rings. The number of aromatic nitrogens is 4. The Labute approximate surface area is 194 Å². The second-order valence-corrected chi connectivity index (χ2v) is 7.68. The van der Waals surface area contributed by atoms with Crippen LogP contribution in [0.2, 0.25) is 0 Å². The number of non-ortho nitro benzene ring substituents is 1. The van der Waals surface area contributed by atoms with Crippen LogP contribution in [0.4, 0.5) is 17.3 Å². The number of benzene rings is 2. The zero-order valence-electron chi connectivity index (χ0n) is 18.0. The minimum atomic E-state index is -0.738. The van der Waals surface area contributed by atoms with E-state index < -0.39 is 11.0 Å². The summed E-state index contributed by atoms with van der Waals surface area (Å²) in [5.41, 5.74) is 2.73. The van der Waals surface area contributed by atoms with Gasteiger partial charge in [0, 0.05) is 29.6 Å². The van der Waals surface area contributed by atoms with Gasteiger partial charge < -0.3 is 10.6 Å². The summed E-state index contributed by atoms with van der Waals surface area (Å²) in [6.07, 6.45) is 3.15. The van der Waals surface area contributed by atoms with E-state index in [0.717, 1.165) is 5.56 Å². The van der Waals surface area contributed by atoms with Crippen LogP contribution in [0.15, 0.2) is 90.4 Å². The number of fused-ring (bicyclic) bond motifs is 1. The van der Waals surface area contributed by atoms with Crippen molar-refractivity contribution in [2.24, 2.45) is 0 Å². The Morgan fingerprint density at radius 2 is 1.94 bits per heavy atom. The monoisotopic (exact) mass is 453 g/mol. The van der Waals surface area contributed by atoms with Crippen molar-refractivity contribution in [2.75, 3.05) is 10.6 Å². The van der Waals surface area contributed by atoms with Gasteiger partial charge in [-0.2, -0.15) is 4.98 Å². The first-order valence-corrected chi connectivity index (χ1v) is 10.5. The number of carbonyl (C=O) groups is 1. The number of nitro benzene ring substituents is 1. The summed E-state index contributed by atoms with van der Waals surface area (Å²) >= 11 is 0. The number of anilines is 2. The van der Waals surface area contributed by atoms with E-state index in [-0.39, 0.29) is 11.6 Å². The summed E-state index contributed by atoms with van der Waals surface area (Å²) in [5.74, 6) is 0.531. The van der Waals surface area contributed by atoms with Gasteiger partial charge in [-0.3, -0.25) is 19.9 Å². The molecule has 3 heterocycles. The number of allylic oxidation sites excluding steroid dienone is 1. The van der Waals surface area contributed by atoms with E-state index in [9.17, 15) is 14.9 Å². The molecule has 5 rings (SSSR count). The Bertz CT molecular complexity index is 1420. The first-order chi connectivity index (χ1) is 16.5. The van der Waals surface area contributed by atoms with Crippen molar-refractivity contribution < 1.29 is 9.72 Å². The lowest BCUT2D eigenvalue weighted by molar-refractivity contribution is -0.384. The van der Waals surface area contributed by atoms with Gasteiger partial charge in [0.15, 0.2) is 5.82 Å². The quantitative estimate of drug-likeness (QED) is 0.343. The van der Waals surface area contributed by atoms with Crippen LogP contribution >= 0.6 is 0 Å². The molecule has 34 heavy (non-hydrogen) atoms. The van der Waals surface area contributed by atoms with Crippen LogP contribution in [0.25, 0.3) is 11.4 Å². The maximum absolute atomic E-state index is 13.4. The zero-order chi connectivity index (χ0) is 23.7. The number of hydrogen-bond acceptors (Lipinski definition) is 7. The summed E-state index contributed by atoms with van der Waals surface area (Å²) in [5, 5.41) is 22.1. The molecule has 0 saturated carbocycles. The smallest absolute Gasteiger partial charge is 0.269 e. The van der Waals surface area contributed by atoms with Crippen molar-refractivity contribution in [3.63, 3.8) is 0 Å². The van der Waals surface area contributed by atoms with Crippen LogP contribution in [0.3, 0.4) is 0 Å². The molecule has 1 atom stereocenters. The highest BCUT2D eigenvalue weighted by Gasteiger charge is 2.35. The molecule has 2 N–H and O–H groups in total. The summed E-state index contributed by atoms with van der Waals surface area (Å²) in [4.78, 5) is 33.1. The van der Waals surface area contributed by atoms with Crippen LogP contribution in [-0.4, -0.2) is 30.6 Å². The van der Waals surface area contributed by atoms with Gasteiger partial charge in [0.05, 0.1) is 22.4 Å². The first-order valence-electron chi connectivity index (χ1n) is 10.5. The predicted octanol–water partition coefficient (Wildman–Crippen LogP) is 4.18. The molecule has 2 aromatic heterocycles. The standard InChI is InChI=1S/C24H19N7O3/c1-15-20(23(32)27-18-10-6-12-25-14-18)21(17-9-5-11-19(13-17)31(33)34)30-24(26-15)28-22(29-30)16-7-3-2-4-8-16/h2-14,21H,1H3,(H,27,32)(H,26,28,29). The molecule has 1 aliphatic heterocycles. The Kier molecular flexibility index (Phi) is 5.30. The van der Waals surface area contributed by atoms with Crippen molar-refractivity contribution in [1.29, 1.82) is 0 Å². The van der Waals surface area contributed by atoms with E-state index >= 15 is 0 Å². The molecule has 168 valence electrons. The van der Waals surface area contributed by atoms with Crippen molar-refractivity contribution in [3.05, 3.63) is 106 Å². The molecule has 0 radical (unpaired) electrons. The van der Waals surface area contributed by atoms with Gasteiger partial charge in [0.2, 0.25) is 5.95 Å². The van der Waals surface area contributed by atoms with E-state index in [1.165, 1.54) is 12.1 Å². The SMILES string of the molecule is CC1=C(C(=O)Nc2cccnc2)C(c2cccc([N+](=O)[O-])c2)n2nc(-c3ccccc3)nc2N1. The molecule has 1 amide bonds. The average molecular weight is 453 g/mol. The second kappa shape index (κ2) is 8.58. The third-order valence-electron chi connectivity index (χ3n) is 5.45. The molecular formula is C24H19N7O3. The van der Waals surface area contributed by atoms with Gasteiger partial charge in [0.1, 0.15) is 6.04 Å². The van der Waals surface area contributed by atoms with E-state index in [0.29, 0.717) is 34.3 Å². The predicted molar refractivity (Wildman–Crippen MR) is 126 cm³/mol. The van der Waals surface area contributed by atoms with E-state index in [1.807, 2.05) is 30.3 Å². The first kappa shape index (κ1) is 21.0. The van der Waals surface area contributed by atoms with Gasteiger partial charge in [-0.25, -0.2) is 4.68 Å². The van der Waals surface area contributed by atoms with Gasteiger partial charge in [0.25, 0.3) is 11.6 Å². The minimum absolute atomic E-state index is 0.0781. The molecule has 2 aromatic carbocycles. The van der Waals surface area contributed by atoms with Crippen molar-refractivity contribution in [3.8, 4) is 11.4 Å². The summed E-state index contributed by atoms with van der Waals surface area (Å²) in [6.45, 7) is 1.77. The van der Waals surface area contributed by atoms with Crippen LogP contribution < -0.4 is 10.6 Å². The number of amides is 1. The fourth-order valence-corrected chi connectivity index (χ4v) is 3.91. The molecule has 0 saturated heterocycles. The highest BCUT2D eigenvalue weighted by atomic mass is 16.6. The molecule has 0 fully saturated rings. The molecule has 10 heteroatoms.